The lowest BCUT2D eigenvalue weighted by molar-refractivity contribution is 0.146. The third-order valence-corrected chi connectivity index (χ3v) is 3.43. The molecule has 1 aromatic rings. The molecule has 5 nitrogen and oxygen atoms in total. The minimum absolute atomic E-state index is 0.157. The number of carbonyl (C=O) groups is 1. The van der Waals surface area contributed by atoms with Crippen LogP contribution in [0.15, 0.2) is 18.2 Å². The molecule has 19 heavy (non-hydrogen) atoms. The van der Waals surface area contributed by atoms with Crippen LogP contribution in [0.4, 0.5) is 4.79 Å². The molecular formula is C13H17ClN2O3. The number of hydrogen-bond acceptors (Lipinski definition) is 3. The van der Waals surface area contributed by atoms with Crippen molar-refractivity contribution in [3.05, 3.63) is 28.8 Å². The molecule has 0 aromatic heterocycles. The summed E-state index contributed by atoms with van der Waals surface area (Å²) in [6, 6.07) is 5.01. The van der Waals surface area contributed by atoms with Crippen molar-refractivity contribution >= 4 is 17.7 Å². The predicted molar refractivity (Wildman–Crippen MR) is 72.6 cm³/mol. The maximum Gasteiger partial charge on any atom is 0.407 e. The Kier molecular flexibility index (Phi) is 4.50. The van der Waals surface area contributed by atoms with Crippen molar-refractivity contribution in [2.45, 2.75) is 13.0 Å². The lowest BCUT2D eigenvalue weighted by Gasteiger charge is -2.20. The number of rotatable bonds is 2. The summed E-state index contributed by atoms with van der Waals surface area (Å²) in [5.74, 6) is 0.157. The highest BCUT2D eigenvalue weighted by atomic mass is 35.5. The molecular weight excluding hydrogens is 268 g/mol. The minimum Gasteiger partial charge on any atom is -0.508 e. The number of halogens is 1. The second-order valence-electron chi connectivity index (χ2n) is 4.72. The molecule has 0 bridgehead atoms. The summed E-state index contributed by atoms with van der Waals surface area (Å²) in [4.78, 5) is 14.5. The third kappa shape index (κ3) is 4.01. The summed E-state index contributed by atoms with van der Waals surface area (Å²) < 4.78 is 0. The van der Waals surface area contributed by atoms with E-state index in [9.17, 15) is 9.90 Å². The molecule has 1 saturated heterocycles. The van der Waals surface area contributed by atoms with Crippen LogP contribution in [0.25, 0.3) is 0 Å². The molecule has 0 atom stereocenters. The van der Waals surface area contributed by atoms with E-state index in [-0.39, 0.29) is 5.75 Å². The van der Waals surface area contributed by atoms with Crippen molar-refractivity contribution in [1.29, 1.82) is 0 Å². The van der Waals surface area contributed by atoms with Crippen LogP contribution >= 0.6 is 11.6 Å². The topological polar surface area (TPSA) is 64.0 Å². The molecule has 0 radical (unpaired) electrons. The summed E-state index contributed by atoms with van der Waals surface area (Å²) in [5, 5.41) is 19.0. The molecule has 1 aromatic carbocycles. The molecule has 104 valence electrons. The van der Waals surface area contributed by atoms with Crippen LogP contribution < -0.4 is 0 Å². The molecule has 6 heteroatoms. The van der Waals surface area contributed by atoms with Gasteiger partial charge in [-0.15, -0.1) is 0 Å². The Morgan fingerprint density at radius 2 is 2.00 bits per heavy atom. The van der Waals surface area contributed by atoms with Crippen molar-refractivity contribution in [2.24, 2.45) is 0 Å². The van der Waals surface area contributed by atoms with Crippen LogP contribution in [0.2, 0.25) is 5.02 Å². The quantitative estimate of drug-likeness (QED) is 0.874. The molecule has 0 spiro atoms. The molecule has 1 heterocycles. The zero-order valence-corrected chi connectivity index (χ0v) is 11.3. The van der Waals surface area contributed by atoms with Crippen molar-refractivity contribution in [1.82, 2.24) is 9.80 Å². The van der Waals surface area contributed by atoms with Gasteiger partial charge in [-0.25, -0.2) is 4.79 Å². The molecule has 0 unspecified atom stereocenters. The maximum absolute atomic E-state index is 10.9. The molecule has 0 saturated carbocycles. The Labute approximate surface area is 117 Å². The van der Waals surface area contributed by atoms with Gasteiger partial charge in [0.15, 0.2) is 0 Å². The fourth-order valence-electron chi connectivity index (χ4n) is 2.30. The molecule has 0 aliphatic carbocycles. The number of phenolic OH excluding ortho intramolecular Hbond substituents is 1. The van der Waals surface area contributed by atoms with Gasteiger partial charge in [-0.2, -0.15) is 0 Å². The monoisotopic (exact) mass is 284 g/mol. The van der Waals surface area contributed by atoms with Crippen LogP contribution in [0, 0.1) is 0 Å². The summed E-state index contributed by atoms with van der Waals surface area (Å²) in [7, 11) is 0. The summed E-state index contributed by atoms with van der Waals surface area (Å²) >= 11 is 5.90. The first kappa shape index (κ1) is 14.0. The van der Waals surface area contributed by atoms with Gasteiger partial charge in [-0.3, -0.25) is 4.90 Å². The van der Waals surface area contributed by atoms with Crippen molar-refractivity contribution in [3.8, 4) is 5.75 Å². The standard InChI is InChI=1S/C13H17ClN2O3/c14-11-6-10(7-12(17)8-11)9-15-2-1-3-16(5-4-15)13(18)19/h6-8,17H,1-5,9H2,(H,18,19). The van der Waals surface area contributed by atoms with Gasteiger partial charge in [-0.05, 0) is 30.2 Å². The summed E-state index contributed by atoms with van der Waals surface area (Å²) in [6.07, 6.45) is -0.0407. The van der Waals surface area contributed by atoms with E-state index in [2.05, 4.69) is 4.90 Å². The molecule has 2 rings (SSSR count). The van der Waals surface area contributed by atoms with Crippen LogP contribution in [0.3, 0.4) is 0 Å². The Morgan fingerprint density at radius 1 is 1.21 bits per heavy atom. The van der Waals surface area contributed by atoms with Gasteiger partial charge in [0.05, 0.1) is 0 Å². The maximum atomic E-state index is 10.9. The van der Waals surface area contributed by atoms with Crippen molar-refractivity contribution in [2.75, 3.05) is 26.2 Å². The highest BCUT2D eigenvalue weighted by Gasteiger charge is 2.18. The molecule has 1 amide bonds. The molecule has 1 aliphatic rings. The number of amides is 1. The number of phenols is 1. The lowest BCUT2D eigenvalue weighted by Crippen LogP contribution is -2.33. The fraction of sp³-hybridized carbons (Fsp3) is 0.462. The van der Waals surface area contributed by atoms with Gasteiger partial charge >= 0.3 is 6.09 Å². The Balaban J connectivity index is 1.97. The number of carboxylic acid groups (broad SMARTS) is 1. The first-order chi connectivity index (χ1) is 9.04. The van der Waals surface area contributed by atoms with Crippen LogP contribution in [0.1, 0.15) is 12.0 Å². The van der Waals surface area contributed by atoms with Gasteiger partial charge in [0.25, 0.3) is 0 Å². The minimum atomic E-state index is -0.859. The second-order valence-corrected chi connectivity index (χ2v) is 5.15. The van der Waals surface area contributed by atoms with E-state index in [1.165, 1.54) is 11.0 Å². The summed E-state index contributed by atoms with van der Waals surface area (Å²) in [5.41, 5.74) is 0.939. The number of hydrogen-bond donors (Lipinski definition) is 2. The average Bonchev–Trinajstić information content (AvgIpc) is 2.53. The first-order valence-electron chi connectivity index (χ1n) is 6.23. The van der Waals surface area contributed by atoms with Gasteiger partial charge < -0.3 is 15.1 Å². The van der Waals surface area contributed by atoms with Crippen LogP contribution in [0.5, 0.6) is 5.75 Å². The number of benzene rings is 1. The van der Waals surface area contributed by atoms with Crippen molar-refractivity contribution in [3.63, 3.8) is 0 Å². The average molecular weight is 285 g/mol. The Bertz CT molecular complexity index is 447. The fourth-order valence-corrected chi connectivity index (χ4v) is 2.56. The third-order valence-electron chi connectivity index (χ3n) is 3.21. The van der Waals surface area contributed by atoms with E-state index >= 15 is 0 Å². The molecule has 1 fully saturated rings. The predicted octanol–water partition coefficient (Wildman–Crippen LogP) is 2.23. The molecule has 1 aliphatic heterocycles. The highest BCUT2D eigenvalue weighted by Crippen LogP contribution is 2.21. The van der Waals surface area contributed by atoms with E-state index in [1.54, 1.807) is 6.07 Å². The van der Waals surface area contributed by atoms with Gasteiger partial charge in [0, 0.05) is 37.7 Å². The number of aromatic hydroxyl groups is 1. The Hall–Kier alpha value is -1.46. The van der Waals surface area contributed by atoms with Gasteiger partial charge in [0.2, 0.25) is 0 Å². The van der Waals surface area contributed by atoms with E-state index in [0.717, 1.165) is 18.5 Å². The summed E-state index contributed by atoms with van der Waals surface area (Å²) in [6.45, 7) is 3.30. The largest absolute Gasteiger partial charge is 0.508 e. The lowest BCUT2D eigenvalue weighted by atomic mass is 10.2. The highest BCUT2D eigenvalue weighted by molar-refractivity contribution is 6.30. The SMILES string of the molecule is O=C(O)N1CCCN(Cc2cc(O)cc(Cl)c2)CC1. The van der Waals surface area contributed by atoms with E-state index in [0.29, 0.717) is 31.2 Å². The van der Waals surface area contributed by atoms with E-state index < -0.39 is 6.09 Å². The second kappa shape index (κ2) is 6.12. The number of nitrogens with zero attached hydrogens (tertiary/aromatic N) is 2. The van der Waals surface area contributed by atoms with Gasteiger partial charge in [0.1, 0.15) is 5.75 Å². The Morgan fingerprint density at radius 3 is 2.68 bits per heavy atom. The van der Waals surface area contributed by atoms with E-state index in [4.69, 9.17) is 16.7 Å². The van der Waals surface area contributed by atoms with Crippen LogP contribution in [-0.2, 0) is 6.54 Å². The van der Waals surface area contributed by atoms with Crippen molar-refractivity contribution < 1.29 is 15.0 Å². The van der Waals surface area contributed by atoms with Gasteiger partial charge in [-0.1, -0.05) is 11.6 Å². The zero-order chi connectivity index (χ0) is 13.8. The normalized spacial score (nSPS) is 17.2. The molecule has 2 N–H and O–H groups in total. The van der Waals surface area contributed by atoms with E-state index in [1.807, 2.05) is 6.07 Å². The smallest absolute Gasteiger partial charge is 0.407 e. The van der Waals surface area contributed by atoms with Crippen LogP contribution in [-0.4, -0.2) is 52.3 Å². The first-order valence-corrected chi connectivity index (χ1v) is 6.61. The zero-order valence-electron chi connectivity index (χ0n) is 10.5.